The van der Waals surface area contributed by atoms with E-state index < -0.39 is 0 Å². The SMILES string of the molecule is CCCCC(=O)Nc1ccc(N(C)Cc2ccccc2)nc1. The Bertz CT molecular complexity index is 581. The number of carbonyl (C=O) groups excluding carboxylic acids is 1. The first kappa shape index (κ1) is 16.0. The third-order valence-corrected chi connectivity index (χ3v) is 3.44. The van der Waals surface area contributed by atoms with Gasteiger partial charge >= 0.3 is 0 Å². The van der Waals surface area contributed by atoms with Crippen LogP contribution >= 0.6 is 0 Å². The molecule has 0 aliphatic heterocycles. The molecule has 0 fully saturated rings. The molecule has 1 aromatic carbocycles. The lowest BCUT2D eigenvalue weighted by atomic mass is 10.2. The fraction of sp³-hybridized carbons (Fsp3) is 0.333. The average molecular weight is 297 g/mol. The van der Waals surface area contributed by atoms with Crippen LogP contribution in [0.15, 0.2) is 48.7 Å². The molecule has 116 valence electrons. The highest BCUT2D eigenvalue weighted by Crippen LogP contribution is 2.15. The van der Waals surface area contributed by atoms with Gasteiger partial charge in [-0.25, -0.2) is 4.98 Å². The van der Waals surface area contributed by atoms with Gasteiger partial charge in [-0.2, -0.15) is 0 Å². The summed E-state index contributed by atoms with van der Waals surface area (Å²) in [6.45, 7) is 2.88. The van der Waals surface area contributed by atoms with E-state index in [1.807, 2.05) is 37.4 Å². The number of aromatic nitrogens is 1. The van der Waals surface area contributed by atoms with Gasteiger partial charge in [0.05, 0.1) is 11.9 Å². The quantitative estimate of drug-likeness (QED) is 0.844. The van der Waals surface area contributed by atoms with Gasteiger partial charge in [-0.15, -0.1) is 0 Å². The number of pyridine rings is 1. The van der Waals surface area contributed by atoms with Crippen LogP contribution in [0, 0.1) is 0 Å². The lowest BCUT2D eigenvalue weighted by Gasteiger charge is -2.18. The van der Waals surface area contributed by atoms with Gasteiger partial charge in [0, 0.05) is 20.0 Å². The second kappa shape index (κ2) is 8.17. The fourth-order valence-corrected chi connectivity index (χ4v) is 2.18. The standard InChI is InChI=1S/C18H23N3O/c1-3-4-10-18(22)20-16-11-12-17(19-13-16)21(2)14-15-8-6-5-7-9-15/h5-9,11-13H,3-4,10,14H2,1-2H3,(H,20,22). The van der Waals surface area contributed by atoms with Crippen molar-refractivity contribution < 1.29 is 4.79 Å². The molecule has 0 atom stereocenters. The van der Waals surface area contributed by atoms with E-state index in [1.54, 1.807) is 6.20 Å². The summed E-state index contributed by atoms with van der Waals surface area (Å²) >= 11 is 0. The maximum absolute atomic E-state index is 11.7. The molecule has 0 saturated heterocycles. The molecule has 0 radical (unpaired) electrons. The maximum Gasteiger partial charge on any atom is 0.224 e. The van der Waals surface area contributed by atoms with Gasteiger partial charge in [0.2, 0.25) is 5.91 Å². The first-order valence-electron chi connectivity index (χ1n) is 7.70. The van der Waals surface area contributed by atoms with E-state index in [1.165, 1.54) is 5.56 Å². The molecule has 1 heterocycles. The second-order valence-electron chi connectivity index (χ2n) is 5.40. The minimum Gasteiger partial charge on any atom is -0.355 e. The van der Waals surface area contributed by atoms with Gasteiger partial charge in [-0.05, 0) is 24.1 Å². The van der Waals surface area contributed by atoms with E-state index in [2.05, 4.69) is 34.3 Å². The Balaban J connectivity index is 1.92. The van der Waals surface area contributed by atoms with Gasteiger partial charge in [-0.1, -0.05) is 43.7 Å². The number of amides is 1. The molecule has 0 spiro atoms. The summed E-state index contributed by atoms with van der Waals surface area (Å²) in [7, 11) is 2.01. The monoisotopic (exact) mass is 297 g/mol. The van der Waals surface area contributed by atoms with Crippen LogP contribution in [0.1, 0.15) is 31.7 Å². The molecule has 22 heavy (non-hydrogen) atoms. The highest BCUT2D eigenvalue weighted by atomic mass is 16.1. The number of anilines is 2. The minimum absolute atomic E-state index is 0.0500. The Morgan fingerprint density at radius 2 is 1.95 bits per heavy atom. The van der Waals surface area contributed by atoms with E-state index in [9.17, 15) is 4.79 Å². The topological polar surface area (TPSA) is 45.2 Å². The summed E-state index contributed by atoms with van der Waals surface area (Å²) in [4.78, 5) is 18.2. The molecule has 1 aromatic heterocycles. The molecule has 2 aromatic rings. The van der Waals surface area contributed by atoms with Crippen molar-refractivity contribution in [3.63, 3.8) is 0 Å². The van der Waals surface area contributed by atoms with Crippen LogP contribution < -0.4 is 10.2 Å². The summed E-state index contributed by atoms with van der Waals surface area (Å²) in [5.41, 5.74) is 1.99. The van der Waals surface area contributed by atoms with Crippen molar-refractivity contribution in [3.05, 3.63) is 54.2 Å². The number of nitrogens with one attached hydrogen (secondary N) is 1. The third kappa shape index (κ3) is 4.88. The zero-order valence-electron chi connectivity index (χ0n) is 13.2. The molecule has 0 aliphatic rings. The fourth-order valence-electron chi connectivity index (χ4n) is 2.18. The molecule has 4 nitrogen and oxygen atoms in total. The van der Waals surface area contributed by atoms with Crippen LogP contribution in [0.2, 0.25) is 0 Å². The Morgan fingerprint density at radius 3 is 2.59 bits per heavy atom. The highest BCUT2D eigenvalue weighted by Gasteiger charge is 2.05. The molecule has 1 N–H and O–H groups in total. The Morgan fingerprint density at radius 1 is 1.18 bits per heavy atom. The van der Waals surface area contributed by atoms with Crippen molar-refractivity contribution in [2.75, 3.05) is 17.3 Å². The van der Waals surface area contributed by atoms with E-state index in [-0.39, 0.29) is 5.91 Å². The average Bonchev–Trinajstić information content (AvgIpc) is 2.54. The van der Waals surface area contributed by atoms with Crippen LogP contribution in [0.4, 0.5) is 11.5 Å². The van der Waals surface area contributed by atoms with Crippen LogP contribution in [-0.4, -0.2) is 17.9 Å². The normalized spacial score (nSPS) is 10.3. The highest BCUT2D eigenvalue weighted by molar-refractivity contribution is 5.90. The van der Waals surface area contributed by atoms with Crippen LogP contribution in [0.5, 0.6) is 0 Å². The molecule has 1 amide bonds. The third-order valence-electron chi connectivity index (χ3n) is 3.44. The number of unbranched alkanes of at least 4 members (excludes halogenated alkanes) is 1. The zero-order valence-corrected chi connectivity index (χ0v) is 13.2. The van der Waals surface area contributed by atoms with Crippen molar-refractivity contribution in [2.24, 2.45) is 0 Å². The number of rotatable bonds is 7. The van der Waals surface area contributed by atoms with Crippen LogP contribution in [0.25, 0.3) is 0 Å². The van der Waals surface area contributed by atoms with Crippen molar-refractivity contribution in [3.8, 4) is 0 Å². The van der Waals surface area contributed by atoms with Gasteiger partial charge in [0.25, 0.3) is 0 Å². The maximum atomic E-state index is 11.7. The van der Waals surface area contributed by atoms with Gasteiger partial charge in [0.1, 0.15) is 5.82 Å². The second-order valence-corrected chi connectivity index (χ2v) is 5.40. The van der Waals surface area contributed by atoms with E-state index in [0.717, 1.165) is 30.9 Å². The summed E-state index contributed by atoms with van der Waals surface area (Å²) in [6, 6.07) is 14.1. The molecule has 2 rings (SSSR count). The first-order valence-corrected chi connectivity index (χ1v) is 7.70. The summed E-state index contributed by atoms with van der Waals surface area (Å²) < 4.78 is 0. The Labute approximate surface area is 132 Å². The zero-order chi connectivity index (χ0) is 15.8. The van der Waals surface area contributed by atoms with Gasteiger partial charge < -0.3 is 10.2 Å². The summed E-state index contributed by atoms with van der Waals surface area (Å²) in [5, 5.41) is 2.87. The van der Waals surface area contributed by atoms with Gasteiger partial charge in [0.15, 0.2) is 0 Å². The molecule has 0 bridgehead atoms. The van der Waals surface area contributed by atoms with E-state index in [0.29, 0.717) is 6.42 Å². The van der Waals surface area contributed by atoms with Crippen molar-refractivity contribution in [1.82, 2.24) is 4.98 Å². The van der Waals surface area contributed by atoms with Crippen molar-refractivity contribution >= 4 is 17.4 Å². The van der Waals surface area contributed by atoms with Crippen molar-refractivity contribution in [2.45, 2.75) is 32.7 Å². The van der Waals surface area contributed by atoms with Gasteiger partial charge in [-0.3, -0.25) is 4.79 Å². The van der Waals surface area contributed by atoms with E-state index >= 15 is 0 Å². The van der Waals surface area contributed by atoms with Crippen molar-refractivity contribution in [1.29, 1.82) is 0 Å². The lowest BCUT2D eigenvalue weighted by Crippen LogP contribution is -2.18. The predicted molar refractivity (Wildman–Crippen MR) is 90.9 cm³/mol. The predicted octanol–water partition coefficient (Wildman–Crippen LogP) is 3.85. The number of benzene rings is 1. The summed E-state index contributed by atoms with van der Waals surface area (Å²) in [5.74, 6) is 0.935. The molecule has 0 unspecified atom stereocenters. The number of nitrogens with zero attached hydrogens (tertiary/aromatic N) is 2. The van der Waals surface area contributed by atoms with Crippen LogP contribution in [0.3, 0.4) is 0 Å². The largest absolute Gasteiger partial charge is 0.355 e. The number of carbonyl (C=O) groups is 1. The first-order chi connectivity index (χ1) is 10.7. The lowest BCUT2D eigenvalue weighted by molar-refractivity contribution is -0.116. The molecule has 0 saturated carbocycles. The Kier molecular flexibility index (Phi) is 5.95. The molecular formula is C18H23N3O. The molecule has 0 aliphatic carbocycles. The molecular weight excluding hydrogens is 274 g/mol. The molecule has 4 heteroatoms. The van der Waals surface area contributed by atoms with Crippen LogP contribution in [-0.2, 0) is 11.3 Å². The smallest absolute Gasteiger partial charge is 0.224 e. The minimum atomic E-state index is 0.0500. The number of hydrogen-bond acceptors (Lipinski definition) is 3. The van der Waals surface area contributed by atoms with E-state index in [4.69, 9.17) is 0 Å². The number of hydrogen-bond donors (Lipinski definition) is 1. The summed E-state index contributed by atoms with van der Waals surface area (Å²) in [6.07, 6.45) is 4.21. The Hall–Kier alpha value is -2.36.